The average molecular weight is 252 g/mol. The molecule has 1 fully saturated rings. The number of rotatable bonds is 4. The Balaban J connectivity index is 2.03. The van der Waals surface area contributed by atoms with Gasteiger partial charge in [-0.05, 0) is 24.8 Å². The molecule has 1 aromatic heterocycles. The summed E-state index contributed by atoms with van der Waals surface area (Å²) in [4.78, 5) is 14.4. The van der Waals surface area contributed by atoms with Crippen molar-refractivity contribution in [2.45, 2.75) is 12.8 Å². The maximum absolute atomic E-state index is 10.8. The molecule has 1 aliphatic rings. The maximum Gasteiger partial charge on any atom is 0.311 e. The number of nitro groups is 1. The molecule has 0 saturated carbocycles. The van der Waals surface area contributed by atoms with Gasteiger partial charge in [0.2, 0.25) is 5.82 Å². The molecule has 18 heavy (non-hydrogen) atoms. The lowest BCUT2D eigenvalue weighted by atomic mass is 10.0. The summed E-state index contributed by atoms with van der Waals surface area (Å²) in [6.45, 7) is 2.15. The van der Waals surface area contributed by atoms with Gasteiger partial charge in [0.15, 0.2) is 0 Å². The number of nitrogens with two attached hydrogens (primary N) is 1. The van der Waals surface area contributed by atoms with Crippen LogP contribution in [0.4, 0.5) is 17.3 Å². The van der Waals surface area contributed by atoms with E-state index in [-0.39, 0.29) is 17.3 Å². The SMILES string of the molecule is Nc1ccc([N+](=O)[O-])c(NCC2CCOCC2)n1. The molecule has 0 atom stereocenters. The van der Waals surface area contributed by atoms with Gasteiger partial charge in [0.25, 0.3) is 0 Å². The molecule has 2 heterocycles. The van der Waals surface area contributed by atoms with Crippen LogP contribution in [0.2, 0.25) is 0 Å². The van der Waals surface area contributed by atoms with Crippen LogP contribution >= 0.6 is 0 Å². The first-order valence-electron chi connectivity index (χ1n) is 5.89. The molecule has 1 aliphatic heterocycles. The molecule has 1 saturated heterocycles. The van der Waals surface area contributed by atoms with Gasteiger partial charge < -0.3 is 15.8 Å². The van der Waals surface area contributed by atoms with Gasteiger partial charge in [0, 0.05) is 25.8 Å². The summed E-state index contributed by atoms with van der Waals surface area (Å²) in [6.07, 6.45) is 1.92. The first-order chi connectivity index (χ1) is 8.66. The van der Waals surface area contributed by atoms with E-state index < -0.39 is 4.92 Å². The monoisotopic (exact) mass is 252 g/mol. The minimum absolute atomic E-state index is 0.0451. The van der Waals surface area contributed by atoms with E-state index >= 15 is 0 Å². The average Bonchev–Trinajstić information content (AvgIpc) is 2.37. The molecule has 1 aromatic rings. The van der Waals surface area contributed by atoms with Crippen molar-refractivity contribution < 1.29 is 9.66 Å². The Kier molecular flexibility index (Phi) is 3.93. The minimum atomic E-state index is -0.460. The van der Waals surface area contributed by atoms with E-state index in [2.05, 4.69) is 10.3 Å². The number of hydrogen-bond donors (Lipinski definition) is 2. The predicted molar refractivity (Wildman–Crippen MR) is 67.3 cm³/mol. The molecular weight excluding hydrogens is 236 g/mol. The topological polar surface area (TPSA) is 103 Å². The number of anilines is 2. The van der Waals surface area contributed by atoms with Crippen LogP contribution < -0.4 is 11.1 Å². The molecule has 0 aromatic carbocycles. The fourth-order valence-corrected chi connectivity index (χ4v) is 1.94. The van der Waals surface area contributed by atoms with E-state index in [0.717, 1.165) is 26.1 Å². The van der Waals surface area contributed by atoms with Crippen LogP contribution in [0.1, 0.15) is 12.8 Å². The van der Waals surface area contributed by atoms with Gasteiger partial charge in [-0.2, -0.15) is 0 Å². The lowest BCUT2D eigenvalue weighted by Crippen LogP contribution is -2.23. The Bertz CT molecular complexity index is 432. The number of aromatic nitrogens is 1. The smallest absolute Gasteiger partial charge is 0.311 e. The molecule has 3 N–H and O–H groups in total. The number of nitrogens with one attached hydrogen (secondary N) is 1. The summed E-state index contributed by atoms with van der Waals surface area (Å²) >= 11 is 0. The lowest BCUT2D eigenvalue weighted by Gasteiger charge is -2.22. The highest BCUT2D eigenvalue weighted by molar-refractivity contribution is 5.59. The Morgan fingerprint density at radius 3 is 2.89 bits per heavy atom. The van der Waals surface area contributed by atoms with Crippen LogP contribution in [-0.2, 0) is 4.74 Å². The number of ether oxygens (including phenoxy) is 1. The molecule has 0 spiro atoms. The normalized spacial score (nSPS) is 16.4. The van der Waals surface area contributed by atoms with Crippen molar-refractivity contribution >= 4 is 17.3 Å². The van der Waals surface area contributed by atoms with Gasteiger partial charge in [-0.1, -0.05) is 0 Å². The van der Waals surface area contributed by atoms with Crippen molar-refractivity contribution in [3.63, 3.8) is 0 Å². The summed E-state index contributed by atoms with van der Waals surface area (Å²) in [6, 6.07) is 2.80. The molecule has 0 radical (unpaired) electrons. The maximum atomic E-state index is 10.8. The second-order valence-electron chi connectivity index (χ2n) is 4.30. The van der Waals surface area contributed by atoms with Crippen molar-refractivity contribution in [3.8, 4) is 0 Å². The number of nitrogen functional groups attached to an aromatic ring is 1. The highest BCUT2D eigenvalue weighted by atomic mass is 16.6. The van der Waals surface area contributed by atoms with E-state index in [1.165, 1.54) is 12.1 Å². The highest BCUT2D eigenvalue weighted by Crippen LogP contribution is 2.24. The molecule has 0 amide bonds. The quantitative estimate of drug-likeness (QED) is 0.620. The summed E-state index contributed by atoms with van der Waals surface area (Å²) in [7, 11) is 0. The first-order valence-corrected chi connectivity index (χ1v) is 5.89. The third-order valence-electron chi connectivity index (χ3n) is 2.99. The molecule has 0 aliphatic carbocycles. The van der Waals surface area contributed by atoms with Gasteiger partial charge in [0.05, 0.1) is 4.92 Å². The number of pyridine rings is 1. The molecular formula is C11H16N4O3. The predicted octanol–water partition coefficient (Wildman–Crippen LogP) is 1.41. The van der Waals surface area contributed by atoms with Crippen LogP contribution in [0.15, 0.2) is 12.1 Å². The second-order valence-corrected chi connectivity index (χ2v) is 4.30. The Morgan fingerprint density at radius 2 is 2.22 bits per heavy atom. The van der Waals surface area contributed by atoms with E-state index in [1.807, 2.05) is 0 Å². The van der Waals surface area contributed by atoms with E-state index in [9.17, 15) is 10.1 Å². The number of hydrogen-bond acceptors (Lipinski definition) is 6. The van der Waals surface area contributed by atoms with Crippen molar-refractivity contribution in [3.05, 3.63) is 22.2 Å². The molecule has 7 heteroatoms. The van der Waals surface area contributed by atoms with Crippen LogP contribution in [0.3, 0.4) is 0 Å². The zero-order chi connectivity index (χ0) is 13.0. The van der Waals surface area contributed by atoms with Crippen molar-refractivity contribution in [1.82, 2.24) is 4.98 Å². The number of nitrogens with zero attached hydrogens (tertiary/aromatic N) is 2. The molecule has 7 nitrogen and oxygen atoms in total. The molecule has 0 unspecified atom stereocenters. The van der Waals surface area contributed by atoms with Crippen LogP contribution in [0.25, 0.3) is 0 Å². The highest BCUT2D eigenvalue weighted by Gasteiger charge is 2.18. The van der Waals surface area contributed by atoms with Gasteiger partial charge in [-0.15, -0.1) is 0 Å². The second kappa shape index (κ2) is 5.63. The van der Waals surface area contributed by atoms with E-state index in [0.29, 0.717) is 12.5 Å². The Labute approximate surface area is 104 Å². The van der Waals surface area contributed by atoms with Gasteiger partial charge in [-0.25, -0.2) is 4.98 Å². The van der Waals surface area contributed by atoms with Gasteiger partial charge >= 0.3 is 5.69 Å². The van der Waals surface area contributed by atoms with Crippen molar-refractivity contribution in [1.29, 1.82) is 0 Å². The minimum Gasteiger partial charge on any atom is -0.384 e. The van der Waals surface area contributed by atoms with E-state index in [1.54, 1.807) is 0 Å². The fraction of sp³-hybridized carbons (Fsp3) is 0.545. The molecule has 0 bridgehead atoms. The fourth-order valence-electron chi connectivity index (χ4n) is 1.94. The third kappa shape index (κ3) is 3.07. The van der Waals surface area contributed by atoms with Crippen LogP contribution in [0.5, 0.6) is 0 Å². The zero-order valence-corrected chi connectivity index (χ0v) is 9.96. The van der Waals surface area contributed by atoms with Crippen LogP contribution in [0, 0.1) is 16.0 Å². The summed E-state index contributed by atoms with van der Waals surface area (Å²) in [5, 5.41) is 13.9. The molecule has 2 rings (SSSR count). The van der Waals surface area contributed by atoms with Crippen molar-refractivity contribution in [2.75, 3.05) is 30.8 Å². The van der Waals surface area contributed by atoms with Crippen molar-refractivity contribution in [2.24, 2.45) is 5.92 Å². The Hall–Kier alpha value is -1.89. The summed E-state index contributed by atoms with van der Waals surface area (Å²) in [5.41, 5.74) is 5.50. The van der Waals surface area contributed by atoms with E-state index in [4.69, 9.17) is 10.5 Å². The first kappa shape index (κ1) is 12.6. The summed E-state index contributed by atoms with van der Waals surface area (Å²) < 4.78 is 5.26. The summed E-state index contributed by atoms with van der Waals surface area (Å²) in [5.74, 6) is 0.975. The Morgan fingerprint density at radius 1 is 1.50 bits per heavy atom. The van der Waals surface area contributed by atoms with Gasteiger partial charge in [0.1, 0.15) is 5.82 Å². The third-order valence-corrected chi connectivity index (χ3v) is 2.99. The van der Waals surface area contributed by atoms with Crippen LogP contribution in [-0.4, -0.2) is 29.7 Å². The van der Waals surface area contributed by atoms with Gasteiger partial charge in [-0.3, -0.25) is 10.1 Å². The standard InChI is InChI=1S/C11H16N4O3/c12-10-2-1-9(15(16)17)11(14-10)13-7-8-3-5-18-6-4-8/h1-2,8H,3-7H2,(H3,12,13,14). The molecule has 98 valence electrons. The lowest BCUT2D eigenvalue weighted by molar-refractivity contribution is -0.384. The largest absolute Gasteiger partial charge is 0.384 e. The zero-order valence-electron chi connectivity index (χ0n) is 9.96.